The van der Waals surface area contributed by atoms with Crippen LogP contribution < -0.4 is 5.56 Å². The summed E-state index contributed by atoms with van der Waals surface area (Å²) in [5.41, 5.74) is 6.81. The first-order chi connectivity index (χ1) is 22.0. The summed E-state index contributed by atoms with van der Waals surface area (Å²) in [7, 11) is 1.78. The third-order valence-electron chi connectivity index (χ3n) is 8.51. The van der Waals surface area contributed by atoms with Crippen molar-refractivity contribution in [1.29, 1.82) is 0 Å². The van der Waals surface area contributed by atoms with Crippen LogP contribution in [0.4, 0.5) is 0 Å². The highest BCUT2D eigenvalue weighted by atomic mass is 32.2. The van der Waals surface area contributed by atoms with E-state index in [2.05, 4.69) is 65.6 Å². The van der Waals surface area contributed by atoms with E-state index in [0.29, 0.717) is 36.0 Å². The highest BCUT2D eigenvalue weighted by Crippen LogP contribution is 2.30. The minimum atomic E-state index is -0.0151. The van der Waals surface area contributed by atoms with E-state index in [1.165, 1.54) is 22.9 Å². The number of nitrogens with zero attached hydrogens (tertiary/aromatic N) is 4. The van der Waals surface area contributed by atoms with Crippen molar-refractivity contribution >= 4 is 17.7 Å². The van der Waals surface area contributed by atoms with Gasteiger partial charge in [0.1, 0.15) is 0 Å². The van der Waals surface area contributed by atoms with E-state index in [-0.39, 0.29) is 17.5 Å². The lowest BCUT2D eigenvalue weighted by atomic mass is 9.96. The van der Waals surface area contributed by atoms with Gasteiger partial charge in [-0.2, -0.15) is 0 Å². The second kappa shape index (κ2) is 14.1. The van der Waals surface area contributed by atoms with Crippen molar-refractivity contribution in [2.24, 2.45) is 7.05 Å². The minimum absolute atomic E-state index is 0.0151. The third-order valence-corrected chi connectivity index (χ3v) is 9.61. The average molecular weight is 615 g/mol. The molecular weight excluding hydrogens is 577 g/mol. The molecule has 6 nitrogen and oxygen atoms in total. The van der Waals surface area contributed by atoms with Gasteiger partial charge in [0.25, 0.3) is 11.5 Å². The summed E-state index contributed by atoms with van der Waals surface area (Å²) in [4.78, 5) is 36.1. The summed E-state index contributed by atoms with van der Waals surface area (Å²) >= 11 is 1.52. The van der Waals surface area contributed by atoms with Crippen LogP contribution in [0.25, 0.3) is 0 Å². The molecule has 1 amide bonds. The van der Waals surface area contributed by atoms with Gasteiger partial charge in [0.15, 0.2) is 5.16 Å². The molecule has 5 aromatic rings. The predicted octanol–water partition coefficient (Wildman–Crippen LogP) is 6.52. The van der Waals surface area contributed by atoms with Crippen LogP contribution in [0.5, 0.6) is 0 Å². The highest BCUT2D eigenvalue weighted by Gasteiger charge is 2.28. The minimum Gasteiger partial charge on any atom is -0.336 e. The molecule has 0 unspecified atom stereocenters. The van der Waals surface area contributed by atoms with E-state index in [4.69, 9.17) is 4.98 Å². The number of aromatic nitrogens is 2. The first kappa shape index (κ1) is 30.6. The summed E-state index contributed by atoms with van der Waals surface area (Å²) < 4.78 is 1.64. The zero-order chi connectivity index (χ0) is 31.2. The fourth-order valence-corrected chi connectivity index (χ4v) is 7.01. The molecule has 0 atom stereocenters. The van der Waals surface area contributed by atoms with Crippen molar-refractivity contribution in [3.63, 3.8) is 0 Å². The molecule has 2 heterocycles. The molecule has 1 aliphatic rings. The van der Waals surface area contributed by atoms with Gasteiger partial charge in [-0.25, -0.2) is 4.98 Å². The fraction of sp³-hybridized carbons (Fsp3) is 0.237. The van der Waals surface area contributed by atoms with Gasteiger partial charge in [0.05, 0.1) is 6.04 Å². The van der Waals surface area contributed by atoms with E-state index >= 15 is 0 Å². The Kier molecular flexibility index (Phi) is 9.58. The molecule has 0 bridgehead atoms. The number of aryl methyl sites for hydroxylation is 1. The first-order valence-electron chi connectivity index (χ1n) is 15.4. The summed E-state index contributed by atoms with van der Waals surface area (Å²) in [5, 5.41) is 0.675. The number of carbonyl (C=O) groups is 1. The van der Waals surface area contributed by atoms with Gasteiger partial charge in [-0.15, -0.1) is 0 Å². The number of benzene rings is 4. The molecule has 0 spiro atoms. The van der Waals surface area contributed by atoms with E-state index in [1.54, 1.807) is 11.6 Å². The zero-order valence-corrected chi connectivity index (χ0v) is 26.6. The van der Waals surface area contributed by atoms with Crippen molar-refractivity contribution in [3.8, 4) is 0 Å². The lowest BCUT2D eigenvalue weighted by Gasteiger charge is -2.39. The number of carbonyl (C=O) groups excluding carboxylic acids is 1. The monoisotopic (exact) mass is 614 g/mol. The highest BCUT2D eigenvalue weighted by molar-refractivity contribution is 7.98. The van der Waals surface area contributed by atoms with Crippen molar-refractivity contribution in [2.45, 2.75) is 30.3 Å². The van der Waals surface area contributed by atoms with Crippen LogP contribution in [0.2, 0.25) is 0 Å². The van der Waals surface area contributed by atoms with Crippen molar-refractivity contribution < 1.29 is 4.79 Å². The maximum absolute atomic E-state index is 13.6. The molecule has 45 heavy (non-hydrogen) atoms. The number of rotatable bonds is 9. The maximum Gasteiger partial charge on any atom is 0.257 e. The van der Waals surface area contributed by atoms with Crippen molar-refractivity contribution in [3.05, 3.63) is 165 Å². The molecule has 6 rings (SSSR count). The van der Waals surface area contributed by atoms with Crippen LogP contribution >= 0.6 is 11.8 Å². The molecule has 0 saturated carbocycles. The van der Waals surface area contributed by atoms with Crippen LogP contribution in [0.3, 0.4) is 0 Å². The Balaban J connectivity index is 1.10. The van der Waals surface area contributed by atoms with Gasteiger partial charge in [-0.05, 0) is 41.3 Å². The van der Waals surface area contributed by atoms with Crippen LogP contribution in [0, 0.1) is 6.92 Å². The van der Waals surface area contributed by atoms with Gasteiger partial charge < -0.3 is 4.90 Å². The van der Waals surface area contributed by atoms with E-state index in [1.807, 2.05) is 66.4 Å². The number of thioether (sulfide) groups is 1. The van der Waals surface area contributed by atoms with Crippen LogP contribution in [0.1, 0.15) is 49.9 Å². The Labute approximate surface area is 269 Å². The Hall–Kier alpha value is -4.46. The molecular formula is C38H38N4O2S. The molecule has 1 aromatic heterocycles. The number of hydrogen-bond donors (Lipinski definition) is 0. The zero-order valence-electron chi connectivity index (χ0n) is 25.8. The number of hydrogen-bond acceptors (Lipinski definition) is 5. The first-order valence-corrected chi connectivity index (χ1v) is 16.4. The fourth-order valence-electron chi connectivity index (χ4n) is 6.06. The smallest absolute Gasteiger partial charge is 0.257 e. The molecule has 0 N–H and O–H groups in total. The summed E-state index contributed by atoms with van der Waals surface area (Å²) in [5.74, 6) is 0.673. The lowest BCUT2D eigenvalue weighted by molar-refractivity contribution is 0.0597. The molecule has 1 saturated heterocycles. The van der Waals surface area contributed by atoms with Crippen LogP contribution in [-0.2, 0) is 19.2 Å². The Morgan fingerprint density at radius 1 is 0.778 bits per heavy atom. The van der Waals surface area contributed by atoms with E-state index in [0.717, 1.165) is 35.5 Å². The Bertz CT molecular complexity index is 1760. The molecule has 1 aliphatic heterocycles. The number of piperazine rings is 1. The largest absolute Gasteiger partial charge is 0.336 e. The van der Waals surface area contributed by atoms with E-state index < -0.39 is 0 Å². The van der Waals surface area contributed by atoms with Gasteiger partial charge in [-0.1, -0.05) is 115 Å². The molecule has 228 valence electrons. The summed E-state index contributed by atoms with van der Waals surface area (Å²) in [6.45, 7) is 4.86. The molecule has 0 aliphatic carbocycles. The molecule has 7 heteroatoms. The second-order valence-electron chi connectivity index (χ2n) is 11.5. The molecule has 0 radical (unpaired) electrons. The van der Waals surface area contributed by atoms with Crippen LogP contribution in [-0.4, -0.2) is 51.4 Å². The topological polar surface area (TPSA) is 58.4 Å². The van der Waals surface area contributed by atoms with Crippen molar-refractivity contribution in [1.82, 2.24) is 19.4 Å². The van der Waals surface area contributed by atoms with Crippen molar-refractivity contribution in [2.75, 3.05) is 26.2 Å². The molecule has 1 fully saturated rings. The quantitative estimate of drug-likeness (QED) is 0.140. The summed E-state index contributed by atoms with van der Waals surface area (Å²) in [6, 6.07) is 39.2. The Morgan fingerprint density at radius 2 is 1.36 bits per heavy atom. The van der Waals surface area contributed by atoms with Gasteiger partial charge in [0, 0.05) is 62.2 Å². The maximum atomic E-state index is 13.6. The Morgan fingerprint density at radius 3 is 1.98 bits per heavy atom. The number of amides is 1. The normalized spacial score (nSPS) is 13.7. The van der Waals surface area contributed by atoms with Gasteiger partial charge in [0.2, 0.25) is 0 Å². The second-order valence-corrected chi connectivity index (χ2v) is 12.5. The van der Waals surface area contributed by atoms with Gasteiger partial charge in [-0.3, -0.25) is 19.1 Å². The van der Waals surface area contributed by atoms with Gasteiger partial charge >= 0.3 is 0 Å². The standard InChI is InChI=1S/C38H38N4O2S/c1-28-34(26-29-13-6-3-7-14-29)37(44)40(2)38(39-28)45-27-30-15-12-20-33(25-30)36(43)42-23-21-41(22-24-42)35(31-16-8-4-9-17-31)32-18-10-5-11-19-32/h3-20,25,35H,21-24,26-27H2,1-2H3. The lowest BCUT2D eigenvalue weighted by Crippen LogP contribution is -2.49. The predicted molar refractivity (Wildman–Crippen MR) is 182 cm³/mol. The van der Waals surface area contributed by atoms with Crippen LogP contribution in [0.15, 0.2) is 125 Å². The average Bonchev–Trinajstić information content (AvgIpc) is 3.09. The van der Waals surface area contributed by atoms with E-state index in [9.17, 15) is 9.59 Å². The third kappa shape index (κ3) is 7.11. The molecule has 4 aromatic carbocycles. The SMILES string of the molecule is Cc1nc(SCc2cccc(C(=O)N3CCN(C(c4ccccc4)c4ccccc4)CC3)c2)n(C)c(=O)c1Cc1ccccc1. The summed E-state index contributed by atoms with van der Waals surface area (Å²) in [6.07, 6.45) is 0.564.